The number of benzene rings is 2. The minimum Gasteiger partial charge on any atom is -0.381 e. The van der Waals surface area contributed by atoms with Crippen molar-refractivity contribution in [3.8, 4) is 0 Å². The number of amides is 1. The van der Waals surface area contributed by atoms with E-state index in [-0.39, 0.29) is 5.91 Å². The Kier molecular flexibility index (Phi) is 4.63. The number of nitrogens with one attached hydrogen (secondary N) is 2. The van der Waals surface area contributed by atoms with E-state index < -0.39 is 0 Å². The van der Waals surface area contributed by atoms with Crippen LogP contribution in [0.3, 0.4) is 0 Å². The average Bonchev–Trinajstić information content (AvgIpc) is 2.47. The number of carbonyl (C=O) groups is 1. The SMILES string of the molecule is CNC(=O)c1ccc(C)c(NCc2ccc(C)cc2C)c1. The molecule has 0 aliphatic heterocycles. The Balaban J connectivity index is 2.17. The summed E-state index contributed by atoms with van der Waals surface area (Å²) in [6.07, 6.45) is 0. The Morgan fingerprint density at radius 1 is 1.00 bits per heavy atom. The Morgan fingerprint density at radius 2 is 1.76 bits per heavy atom. The molecule has 0 radical (unpaired) electrons. The van der Waals surface area contributed by atoms with Gasteiger partial charge < -0.3 is 10.6 Å². The highest BCUT2D eigenvalue weighted by atomic mass is 16.1. The molecule has 0 atom stereocenters. The van der Waals surface area contributed by atoms with Gasteiger partial charge in [0.2, 0.25) is 0 Å². The molecule has 2 rings (SSSR count). The minimum atomic E-state index is -0.0652. The van der Waals surface area contributed by atoms with Crippen molar-refractivity contribution >= 4 is 11.6 Å². The van der Waals surface area contributed by atoms with Crippen molar-refractivity contribution in [1.82, 2.24) is 5.32 Å². The molecule has 0 fully saturated rings. The predicted molar refractivity (Wildman–Crippen MR) is 87.8 cm³/mol. The molecule has 0 unspecified atom stereocenters. The number of hydrogen-bond donors (Lipinski definition) is 2. The molecule has 0 aliphatic rings. The lowest BCUT2D eigenvalue weighted by molar-refractivity contribution is 0.0963. The molecule has 0 saturated carbocycles. The van der Waals surface area contributed by atoms with Gasteiger partial charge in [0.15, 0.2) is 0 Å². The van der Waals surface area contributed by atoms with Crippen LogP contribution in [0.25, 0.3) is 0 Å². The molecule has 21 heavy (non-hydrogen) atoms. The first-order chi connectivity index (χ1) is 10.0. The van der Waals surface area contributed by atoms with E-state index in [1.165, 1.54) is 16.7 Å². The summed E-state index contributed by atoms with van der Waals surface area (Å²) in [4.78, 5) is 11.7. The molecule has 1 amide bonds. The molecule has 2 aromatic carbocycles. The zero-order valence-corrected chi connectivity index (χ0v) is 13.1. The van der Waals surface area contributed by atoms with Gasteiger partial charge in [0.1, 0.15) is 0 Å². The fourth-order valence-electron chi connectivity index (χ4n) is 2.33. The highest BCUT2D eigenvalue weighted by Crippen LogP contribution is 2.19. The molecule has 0 heterocycles. The van der Waals surface area contributed by atoms with Gasteiger partial charge in [-0.1, -0.05) is 29.8 Å². The summed E-state index contributed by atoms with van der Waals surface area (Å²) in [6.45, 7) is 7.02. The van der Waals surface area contributed by atoms with Crippen molar-refractivity contribution in [2.24, 2.45) is 0 Å². The van der Waals surface area contributed by atoms with Crippen LogP contribution in [0, 0.1) is 20.8 Å². The van der Waals surface area contributed by atoms with E-state index in [0.717, 1.165) is 17.8 Å². The van der Waals surface area contributed by atoms with Crippen LogP contribution in [0.2, 0.25) is 0 Å². The maximum Gasteiger partial charge on any atom is 0.251 e. The van der Waals surface area contributed by atoms with Crippen LogP contribution in [0.15, 0.2) is 36.4 Å². The number of carbonyl (C=O) groups excluding carboxylic acids is 1. The Bertz CT molecular complexity index is 662. The third-order valence-electron chi connectivity index (χ3n) is 3.69. The fraction of sp³-hybridized carbons (Fsp3) is 0.278. The van der Waals surface area contributed by atoms with E-state index in [9.17, 15) is 4.79 Å². The molecule has 0 aliphatic carbocycles. The summed E-state index contributed by atoms with van der Waals surface area (Å²) in [5.74, 6) is -0.0652. The standard InChI is InChI=1S/C18H22N2O/c1-12-5-7-16(14(3)9-12)11-20-17-10-15(18(21)19-4)8-6-13(17)2/h5-10,20H,11H2,1-4H3,(H,19,21). The number of hydrogen-bond acceptors (Lipinski definition) is 2. The van der Waals surface area contributed by atoms with Crippen LogP contribution in [0.1, 0.15) is 32.6 Å². The normalized spacial score (nSPS) is 10.3. The lowest BCUT2D eigenvalue weighted by Crippen LogP contribution is -2.18. The molecule has 0 saturated heterocycles. The van der Waals surface area contributed by atoms with E-state index in [2.05, 4.69) is 42.7 Å². The van der Waals surface area contributed by atoms with Gasteiger partial charge in [-0.15, -0.1) is 0 Å². The molecular weight excluding hydrogens is 260 g/mol. The van der Waals surface area contributed by atoms with Crippen molar-refractivity contribution < 1.29 is 4.79 Å². The molecule has 0 aromatic heterocycles. The quantitative estimate of drug-likeness (QED) is 0.900. The summed E-state index contributed by atoms with van der Waals surface area (Å²) in [5, 5.41) is 6.08. The van der Waals surface area contributed by atoms with Crippen LogP contribution in [0.5, 0.6) is 0 Å². The molecule has 3 heteroatoms. The highest BCUT2D eigenvalue weighted by Gasteiger charge is 2.07. The number of anilines is 1. The van der Waals surface area contributed by atoms with E-state index in [1.54, 1.807) is 7.05 Å². The predicted octanol–water partition coefficient (Wildman–Crippen LogP) is 3.58. The lowest BCUT2D eigenvalue weighted by atomic mass is 10.0. The molecule has 2 aromatic rings. The first kappa shape index (κ1) is 15.1. The van der Waals surface area contributed by atoms with Crippen molar-refractivity contribution in [2.45, 2.75) is 27.3 Å². The lowest BCUT2D eigenvalue weighted by Gasteiger charge is -2.13. The van der Waals surface area contributed by atoms with Crippen molar-refractivity contribution in [2.75, 3.05) is 12.4 Å². The summed E-state index contributed by atoms with van der Waals surface area (Å²) < 4.78 is 0. The van der Waals surface area contributed by atoms with E-state index in [0.29, 0.717) is 5.56 Å². The van der Waals surface area contributed by atoms with Gasteiger partial charge >= 0.3 is 0 Å². The number of aryl methyl sites for hydroxylation is 3. The minimum absolute atomic E-state index is 0.0652. The first-order valence-electron chi connectivity index (χ1n) is 7.14. The second-order valence-corrected chi connectivity index (χ2v) is 5.39. The van der Waals surface area contributed by atoms with Crippen LogP contribution >= 0.6 is 0 Å². The Labute approximate surface area is 126 Å². The largest absolute Gasteiger partial charge is 0.381 e. The van der Waals surface area contributed by atoms with E-state index in [4.69, 9.17) is 0 Å². The van der Waals surface area contributed by atoms with Gasteiger partial charge in [-0.05, 0) is 49.6 Å². The fourth-order valence-corrected chi connectivity index (χ4v) is 2.33. The number of rotatable bonds is 4. The monoisotopic (exact) mass is 282 g/mol. The molecule has 0 bridgehead atoms. The van der Waals surface area contributed by atoms with Crippen LogP contribution in [-0.4, -0.2) is 13.0 Å². The highest BCUT2D eigenvalue weighted by molar-refractivity contribution is 5.95. The summed E-state index contributed by atoms with van der Waals surface area (Å²) in [6, 6.07) is 12.2. The van der Waals surface area contributed by atoms with E-state index in [1.807, 2.05) is 25.1 Å². The van der Waals surface area contributed by atoms with Gasteiger partial charge in [0, 0.05) is 24.8 Å². The van der Waals surface area contributed by atoms with Crippen molar-refractivity contribution in [3.63, 3.8) is 0 Å². The Morgan fingerprint density at radius 3 is 2.43 bits per heavy atom. The zero-order chi connectivity index (χ0) is 15.4. The second kappa shape index (κ2) is 6.44. The van der Waals surface area contributed by atoms with Gasteiger partial charge in [0.25, 0.3) is 5.91 Å². The van der Waals surface area contributed by atoms with Gasteiger partial charge in [0.05, 0.1) is 0 Å². The van der Waals surface area contributed by atoms with Crippen LogP contribution in [0.4, 0.5) is 5.69 Å². The molecule has 110 valence electrons. The summed E-state index contributed by atoms with van der Waals surface area (Å²) >= 11 is 0. The Hall–Kier alpha value is -2.29. The van der Waals surface area contributed by atoms with E-state index >= 15 is 0 Å². The van der Waals surface area contributed by atoms with Gasteiger partial charge in [-0.25, -0.2) is 0 Å². The summed E-state index contributed by atoms with van der Waals surface area (Å²) in [5.41, 5.74) is 6.62. The topological polar surface area (TPSA) is 41.1 Å². The second-order valence-electron chi connectivity index (χ2n) is 5.39. The molecular formula is C18H22N2O. The van der Waals surface area contributed by atoms with Crippen molar-refractivity contribution in [1.29, 1.82) is 0 Å². The maximum atomic E-state index is 11.7. The van der Waals surface area contributed by atoms with Crippen LogP contribution in [-0.2, 0) is 6.54 Å². The maximum absolute atomic E-state index is 11.7. The summed E-state index contributed by atoms with van der Waals surface area (Å²) in [7, 11) is 1.64. The molecule has 0 spiro atoms. The third kappa shape index (κ3) is 3.63. The molecule has 2 N–H and O–H groups in total. The zero-order valence-electron chi connectivity index (χ0n) is 13.1. The van der Waals surface area contributed by atoms with Crippen molar-refractivity contribution in [3.05, 3.63) is 64.2 Å². The average molecular weight is 282 g/mol. The van der Waals surface area contributed by atoms with Gasteiger partial charge in [-0.2, -0.15) is 0 Å². The molecule has 3 nitrogen and oxygen atoms in total. The smallest absolute Gasteiger partial charge is 0.251 e. The van der Waals surface area contributed by atoms with Crippen LogP contribution < -0.4 is 10.6 Å². The first-order valence-corrected chi connectivity index (χ1v) is 7.14. The third-order valence-corrected chi connectivity index (χ3v) is 3.69. The van der Waals surface area contributed by atoms with Gasteiger partial charge in [-0.3, -0.25) is 4.79 Å².